The van der Waals surface area contributed by atoms with Gasteiger partial charge in [0.25, 0.3) is 0 Å². The number of esters is 1. The van der Waals surface area contributed by atoms with Crippen LogP contribution in [-0.2, 0) is 14.2 Å². The molecule has 0 aliphatic carbocycles. The quantitative estimate of drug-likeness (QED) is 0.147. The van der Waals surface area contributed by atoms with Crippen molar-refractivity contribution in [3.8, 4) is 0 Å². The SMILES string of the molecule is CCCCCCCCCCCCCCCCNc1ccc(C(=O)OC2COC(c3ccccc3)OC2)cc1. The van der Waals surface area contributed by atoms with Crippen LogP contribution in [0, 0.1) is 0 Å². The van der Waals surface area contributed by atoms with Crippen molar-refractivity contribution >= 4 is 11.7 Å². The molecule has 0 saturated carbocycles. The van der Waals surface area contributed by atoms with Crippen LogP contribution in [0.25, 0.3) is 0 Å². The van der Waals surface area contributed by atoms with Crippen LogP contribution >= 0.6 is 0 Å². The number of benzene rings is 2. The van der Waals surface area contributed by atoms with Gasteiger partial charge in [-0.05, 0) is 30.7 Å². The number of carbonyl (C=O) groups excluding carboxylic acids is 1. The number of carbonyl (C=O) groups is 1. The molecular weight excluding hydrogens is 474 g/mol. The van der Waals surface area contributed by atoms with Gasteiger partial charge < -0.3 is 19.5 Å². The fourth-order valence-electron chi connectivity index (χ4n) is 4.85. The van der Waals surface area contributed by atoms with E-state index in [-0.39, 0.29) is 5.97 Å². The molecule has 1 N–H and O–H groups in total. The molecule has 1 fully saturated rings. The molecule has 0 atom stereocenters. The van der Waals surface area contributed by atoms with E-state index in [1.165, 1.54) is 89.9 Å². The van der Waals surface area contributed by atoms with Gasteiger partial charge >= 0.3 is 5.97 Å². The van der Waals surface area contributed by atoms with Crippen molar-refractivity contribution in [1.29, 1.82) is 0 Å². The van der Waals surface area contributed by atoms with E-state index in [4.69, 9.17) is 14.2 Å². The van der Waals surface area contributed by atoms with Gasteiger partial charge in [-0.15, -0.1) is 0 Å². The Morgan fingerprint density at radius 3 is 1.82 bits per heavy atom. The average Bonchev–Trinajstić information content (AvgIpc) is 2.96. The molecule has 2 aromatic rings. The van der Waals surface area contributed by atoms with Gasteiger partial charge in [0.1, 0.15) is 6.10 Å². The molecule has 2 aromatic carbocycles. The summed E-state index contributed by atoms with van der Waals surface area (Å²) in [6, 6.07) is 17.3. The second-order valence-corrected chi connectivity index (χ2v) is 10.5. The smallest absolute Gasteiger partial charge is 0.338 e. The van der Waals surface area contributed by atoms with Crippen LogP contribution in [0.1, 0.15) is 119 Å². The first-order chi connectivity index (χ1) is 18.8. The molecule has 38 heavy (non-hydrogen) atoms. The minimum absolute atomic E-state index is 0.324. The monoisotopic (exact) mass is 523 g/mol. The summed E-state index contributed by atoms with van der Waals surface area (Å²) >= 11 is 0. The molecule has 0 unspecified atom stereocenters. The number of rotatable bonds is 19. The maximum Gasteiger partial charge on any atom is 0.338 e. The van der Waals surface area contributed by atoms with Gasteiger partial charge in [0.15, 0.2) is 6.29 Å². The van der Waals surface area contributed by atoms with Crippen molar-refractivity contribution < 1.29 is 19.0 Å². The summed E-state index contributed by atoms with van der Waals surface area (Å²) < 4.78 is 17.1. The van der Waals surface area contributed by atoms with E-state index < -0.39 is 12.4 Å². The molecule has 1 heterocycles. The molecule has 1 saturated heterocycles. The topological polar surface area (TPSA) is 56.8 Å². The maximum atomic E-state index is 12.5. The maximum absolute atomic E-state index is 12.5. The normalized spacial score (nSPS) is 17.3. The summed E-state index contributed by atoms with van der Waals surface area (Å²) in [5, 5.41) is 3.46. The highest BCUT2D eigenvalue weighted by Crippen LogP contribution is 2.24. The van der Waals surface area contributed by atoms with Crippen LogP contribution in [0.5, 0.6) is 0 Å². The lowest BCUT2D eigenvalue weighted by Crippen LogP contribution is -2.35. The van der Waals surface area contributed by atoms with Crippen molar-refractivity contribution in [2.75, 3.05) is 25.1 Å². The summed E-state index contributed by atoms with van der Waals surface area (Å²) in [6.07, 6.45) is 18.4. The minimum Gasteiger partial charge on any atom is -0.454 e. The van der Waals surface area contributed by atoms with Crippen LogP contribution in [0.4, 0.5) is 5.69 Å². The van der Waals surface area contributed by atoms with Gasteiger partial charge in [-0.3, -0.25) is 0 Å². The van der Waals surface area contributed by atoms with Crippen LogP contribution in [0.2, 0.25) is 0 Å². The molecule has 0 spiro atoms. The third kappa shape index (κ3) is 12.0. The van der Waals surface area contributed by atoms with Crippen LogP contribution < -0.4 is 5.32 Å². The van der Waals surface area contributed by atoms with Gasteiger partial charge in [-0.2, -0.15) is 0 Å². The largest absolute Gasteiger partial charge is 0.454 e. The van der Waals surface area contributed by atoms with Crippen molar-refractivity contribution in [3.63, 3.8) is 0 Å². The Balaban J connectivity index is 1.17. The predicted molar refractivity (Wildman–Crippen MR) is 156 cm³/mol. The zero-order chi connectivity index (χ0) is 26.7. The van der Waals surface area contributed by atoms with Crippen molar-refractivity contribution in [3.05, 3.63) is 65.7 Å². The number of anilines is 1. The minimum atomic E-state index is -0.406. The molecule has 0 radical (unpaired) electrons. The molecule has 0 amide bonds. The molecule has 0 aromatic heterocycles. The van der Waals surface area contributed by atoms with E-state index in [0.29, 0.717) is 18.8 Å². The number of nitrogens with one attached hydrogen (secondary N) is 1. The Morgan fingerprint density at radius 1 is 0.737 bits per heavy atom. The Labute approximate surface area is 230 Å². The molecule has 1 aliphatic rings. The van der Waals surface area contributed by atoms with Crippen molar-refractivity contribution in [2.24, 2.45) is 0 Å². The first-order valence-corrected chi connectivity index (χ1v) is 15.1. The van der Waals surface area contributed by atoms with Crippen molar-refractivity contribution in [2.45, 2.75) is 109 Å². The third-order valence-corrected chi connectivity index (χ3v) is 7.19. The highest BCUT2D eigenvalue weighted by Gasteiger charge is 2.26. The molecule has 0 bridgehead atoms. The summed E-state index contributed by atoms with van der Waals surface area (Å²) in [7, 11) is 0. The molecule has 5 nitrogen and oxygen atoms in total. The average molecular weight is 524 g/mol. The standard InChI is InChI=1S/C33H49NO4/c1-2-3-4-5-6-7-8-9-10-11-12-13-14-18-25-34-30-23-21-28(22-24-30)32(35)38-31-26-36-33(37-27-31)29-19-16-15-17-20-29/h15-17,19-24,31,33-34H,2-14,18,25-27H2,1H3. The van der Waals surface area contributed by atoms with Crippen LogP contribution in [-0.4, -0.2) is 31.8 Å². The number of hydrogen-bond donors (Lipinski definition) is 1. The van der Waals surface area contributed by atoms with E-state index in [2.05, 4.69) is 12.2 Å². The third-order valence-electron chi connectivity index (χ3n) is 7.19. The predicted octanol–water partition coefficient (Wildman–Crippen LogP) is 8.85. The van der Waals surface area contributed by atoms with Crippen LogP contribution in [0.3, 0.4) is 0 Å². The molecule has 210 valence electrons. The number of ether oxygens (including phenoxy) is 3. The summed E-state index contributed by atoms with van der Waals surface area (Å²) in [5.41, 5.74) is 2.54. The molecule has 3 rings (SSSR count). The molecule has 5 heteroatoms. The zero-order valence-corrected chi connectivity index (χ0v) is 23.5. The van der Waals surface area contributed by atoms with Gasteiger partial charge in [-0.25, -0.2) is 4.79 Å². The Bertz CT molecular complexity index is 862. The first kappa shape index (κ1) is 30.2. The first-order valence-electron chi connectivity index (χ1n) is 15.1. The van der Waals surface area contributed by atoms with Gasteiger partial charge in [0.05, 0.1) is 18.8 Å². The fraction of sp³-hybridized carbons (Fsp3) is 0.606. The zero-order valence-electron chi connectivity index (χ0n) is 23.5. The lowest BCUT2D eigenvalue weighted by molar-refractivity contribution is -0.220. The lowest BCUT2D eigenvalue weighted by Gasteiger charge is -2.29. The Morgan fingerprint density at radius 2 is 1.26 bits per heavy atom. The fourth-order valence-corrected chi connectivity index (χ4v) is 4.85. The highest BCUT2D eigenvalue weighted by atomic mass is 16.7. The van der Waals surface area contributed by atoms with E-state index in [1.807, 2.05) is 54.6 Å². The lowest BCUT2D eigenvalue weighted by atomic mass is 10.0. The summed E-state index contributed by atoms with van der Waals surface area (Å²) in [6.45, 7) is 3.89. The van der Waals surface area contributed by atoms with Gasteiger partial charge in [-0.1, -0.05) is 121 Å². The van der Waals surface area contributed by atoms with Gasteiger partial charge in [0.2, 0.25) is 0 Å². The Kier molecular flexibility index (Phi) is 14.9. The van der Waals surface area contributed by atoms with E-state index >= 15 is 0 Å². The summed E-state index contributed by atoms with van der Waals surface area (Å²) in [5.74, 6) is -0.348. The van der Waals surface area contributed by atoms with Gasteiger partial charge in [0, 0.05) is 17.8 Å². The number of unbranched alkanes of at least 4 members (excludes halogenated alkanes) is 13. The second-order valence-electron chi connectivity index (χ2n) is 10.5. The molecule has 1 aliphatic heterocycles. The summed E-state index contributed by atoms with van der Waals surface area (Å²) in [4.78, 5) is 12.5. The van der Waals surface area contributed by atoms with E-state index in [1.54, 1.807) is 0 Å². The van der Waals surface area contributed by atoms with Crippen LogP contribution in [0.15, 0.2) is 54.6 Å². The highest BCUT2D eigenvalue weighted by molar-refractivity contribution is 5.90. The van der Waals surface area contributed by atoms with E-state index in [9.17, 15) is 4.79 Å². The Hall–Kier alpha value is -2.37. The molecular formula is C33H49NO4. The van der Waals surface area contributed by atoms with Crippen molar-refractivity contribution in [1.82, 2.24) is 0 Å². The second kappa shape index (κ2) is 18.8. The number of hydrogen-bond acceptors (Lipinski definition) is 5. The van der Waals surface area contributed by atoms with E-state index in [0.717, 1.165) is 17.8 Å².